The van der Waals surface area contributed by atoms with E-state index in [4.69, 9.17) is 9.47 Å². The molecule has 0 fully saturated rings. The van der Waals surface area contributed by atoms with Gasteiger partial charge in [0.25, 0.3) is 6.29 Å². The Kier molecular flexibility index (Phi) is 5.33. The van der Waals surface area contributed by atoms with Crippen molar-refractivity contribution in [3.8, 4) is 5.75 Å². The van der Waals surface area contributed by atoms with Crippen LogP contribution in [-0.2, 0) is 16.1 Å². The van der Waals surface area contributed by atoms with Crippen molar-refractivity contribution in [2.75, 3.05) is 0 Å². The third kappa shape index (κ3) is 4.21. The van der Waals surface area contributed by atoms with E-state index in [0.717, 1.165) is 5.56 Å². The molecule has 0 aromatic heterocycles. The molecule has 1 atom stereocenters. The summed E-state index contributed by atoms with van der Waals surface area (Å²) in [6, 6.07) is 19.0. The van der Waals surface area contributed by atoms with Crippen molar-refractivity contribution in [2.24, 2.45) is 0 Å². The molecule has 0 N–H and O–H groups in total. The maximum atomic E-state index is 11.9. The molecular formula is C17H18O3. The lowest BCUT2D eigenvalue weighted by Crippen LogP contribution is -2.29. The zero-order chi connectivity index (χ0) is 14.2. The van der Waals surface area contributed by atoms with Gasteiger partial charge >= 0.3 is 0 Å². The Hall–Kier alpha value is -2.13. The van der Waals surface area contributed by atoms with Gasteiger partial charge in [0.2, 0.25) is 5.78 Å². The van der Waals surface area contributed by atoms with Crippen LogP contribution in [0.2, 0.25) is 0 Å². The molecule has 0 saturated carbocycles. The third-order valence-electron chi connectivity index (χ3n) is 2.84. The molecule has 0 radical (unpaired) electrons. The number of carbonyl (C=O) groups excluding carboxylic acids is 1. The first-order valence-electron chi connectivity index (χ1n) is 6.69. The molecule has 1 unspecified atom stereocenters. The fourth-order valence-electron chi connectivity index (χ4n) is 1.73. The average Bonchev–Trinajstić information content (AvgIpc) is 2.52. The van der Waals surface area contributed by atoms with E-state index in [-0.39, 0.29) is 5.78 Å². The smallest absolute Gasteiger partial charge is 0.260 e. The topological polar surface area (TPSA) is 35.5 Å². The fourth-order valence-corrected chi connectivity index (χ4v) is 1.73. The van der Waals surface area contributed by atoms with E-state index in [9.17, 15) is 4.79 Å². The minimum atomic E-state index is -0.859. The van der Waals surface area contributed by atoms with Crippen molar-refractivity contribution in [1.29, 1.82) is 0 Å². The number of Topliss-reactive ketones (excluding diaryl/α,β-unsaturated/α-hetero) is 1. The Balaban J connectivity index is 1.99. The summed E-state index contributed by atoms with van der Waals surface area (Å²) in [5.74, 6) is 0.567. The highest BCUT2D eigenvalue weighted by Crippen LogP contribution is 2.14. The predicted octanol–water partition coefficient (Wildman–Crippen LogP) is 3.59. The summed E-state index contributed by atoms with van der Waals surface area (Å²) < 4.78 is 11.2. The van der Waals surface area contributed by atoms with Crippen LogP contribution in [0.15, 0.2) is 60.7 Å². The molecule has 0 amide bonds. The first-order chi connectivity index (χ1) is 9.79. The SMILES string of the molecule is CCC(=O)C(OCc1ccccc1)Oc1ccccc1. The average molecular weight is 270 g/mol. The molecule has 20 heavy (non-hydrogen) atoms. The summed E-state index contributed by atoms with van der Waals surface area (Å²) in [6.07, 6.45) is -0.477. The molecule has 0 heterocycles. The predicted molar refractivity (Wildman–Crippen MR) is 77.4 cm³/mol. The maximum absolute atomic E-state index is 11.9. The van der Waals surface area contributed by atoms with Gasteiger partial charge in [0.15, 0.2) is 0 Å². The van der Waals surface area contributed by atoms with E-state index in [0.29, 0.717) is 18.8 Å². The fraction of sp³-hybridized carbons (Fsp3) is 0.235. The number of para-hydroxylation sites is 1. The number of rotatable bonds is 7. The Morgan fingerprint density at radius 3 is 2.20 bits per heavy atom. The quantitative estimate of drug-likeness (QED) is 0.721. The van der Waals surface area contributed by atoms with E-state index in [1.54, 1.807) is 6.92 Å². The second-order valence-corrected chi connectivity index (χ2v) is 4.38. The van der Waals surface area contributed by atoms with Crippen molar-refractivity contribution in [3.63, 3.8) is 0 Å². The van der Waals surface area contributed by atoms with Gasteiger partial charge in [-0.05, 0) is 17.7 Å². The molecule has 0 aliphatic heterocycles. The van der Waals surface area contributed by atoms with Gasteiger partial charge in [0, 0.05) is 6.42 Å². The van der Waals surface area contributed by atoms with Crippen LogP contribution >= 0.6 is 0 Å². The van der Waals surface area contributed by atoms with E-state index in [2.05, 4.69) is 0 Å². The maximum Gasteiger partial charge on any atom is 0.260 e. The van der Waals surface area contributed by atoms with Gasteiger partial charge < -0.3 is 9.47 Å². The van der Waals surface area contributed by atoms with Gasteiger partial charge in [-0.1, -0.05) is 55.5 Å². The number of ether oxygens (including phenoxy) is 2. The third-order valence-corrected chi connectivity index (χ3v) is 2.84. The summed E-state index contributed by atoms with van der Waals surface area (Å²) in [6.45, 7) is 2.15. The molecule has 2 aromatic rings. The standard InChI is InChI=1S/C17H18O3/c1-2-16(18)17(20-15-11-7-4-8-12-15)19-13-14-9-5-3-6-10-14/h3-12,17H,2,13H2,1H3. The van der Waals surface area contributed by atoms with Gasteiger partial charge in [-0.2, -0.15) is 0 Å². The van der Waals surface area contributed by atoms with Gasteiger partial charge in [-0.15, -0.1) is 0 Å². The van der Waals surface area contributed by atoms with E-state index >= 15 is 0 Å². The number of hydrogen-bond donors (Lipinski definition) is 0. The first kappa shape index (κ1) is 14.3. The molecule has 3 heteroatoms. The van der Waals surface area contributed by atoms with Crippen molar-refractivity contribution in [1.82, 2.24) is 0 Å². The molecule has 104 valence electrons. The molecule has 2 aromatic carbocycles. The monoisotopic (exact) mass is 270 g/mol. The molecule has 0 bridgehead atoms. The van der Waals surface area contributed by atoms with Crippen LogP contribution in [-0.4, -0.2) is 12.1 Å². The highest BCUT2D eigenvalue weighted by atomic mass is 16.7. The van der Waals surface area contributed by atoms with Crippen molar-refractivity contribution in [2.45, 2.75) is 26.2 Å². The molecule has 0 aliphatic carbocycles. The van der Waals surface area contributed by atoms with E-state index in [1.807, 2.05) is 60.7 Å². The second-order valence-electron chi connectivity index (χ2n) is 4.38. The van der Waals surface area contributed by atoms with Crippen molar-refractivity contribution >= 4 is 5.78 Å². The second kappa shape index (κ2) is 7.46. The van der Waals surface area contributed by atoms with Gasteiger partial charge in [-0.3, -0.25) is 4.79 Å². The molecule has 0 saturated heterocycles. The lowest BCUT2D eigenvalue weighted by atomic mass is 10.2. The Morgan fingerprint density at radius 2 is 1.60 bits per heavy atom. The molecule has 0 aliphatic rings. The van der Waals surface area contributed by atoms with Crippen LogP contribution in [0.25, 0.3) is 0 Å². The highest BCUT2D eigenvalue weighted by molar-refractivity contribution is 5.81. The van der Waals surface area contributed by atoms with Crippen molar-refractivity contribution in [3.05, 3.63) is 66.2 Å². The van der Waals surface area contributed by atoms with Gasteiger partial charge in [0.05, 0.1) is 6.61 Å². The Morgan fingerprint density at radius 1 is 1.00 bits per heavy atom. The summed E-state index contributed by atoms with van der Waals surface area (Å²) in [5.41, 5.74) is 1.01. The summed E-state index contributed by atoms with van der Waals surface area (Å²) in [4.78, 5) is 11.9. The van der Waals surface area contributed by atoms with E-state index in [1.165, 1.54) is 0 Å². The minimum Gasteiger partial charge on any atom is -0.457 e. The number of ketones is 1. The molecular weight excluding hydrogens is 252 g/mol. The van der Waals surface area contributed by atoms with Crippen LogP contribution in [0.1, 0.15) is 18.9 Å². The van der Waals surface area contributed by atoms with Gasteiger partial charge in [-0.25, -0.2) is 0 Å². The van der Waals surface area contributed by atoms with Gasteiger partial charge in [0.1, 0.15) is 5.75 Å². The largest absolute Gasteiger partial charge is 0.457 e. The molecule has 0 spiro atoms. The Labute approximate surface area is 119 Å². The van der Waals surface area contributed by atoms with Crippen LogP contribution in [0, 0.1) is 0 Å². The summed E-state index contributed by atoms with van der Waals surface area (Å²) in [7, 11) is 0. The van der Waals surface area contributed by atoms with Crippen LogP contribution < -0.4 is 4.74 Å². The number of benzene rings is 2. The number of hydrogen-bond acceptors (Lipinski definition) is 3. The Bertz CT molecular complexity index is 522. The normalized spacial score (nSPS) is 11.8. The van der Waals surface area contributed by atoms with E-state index < -0.39 is 6.29 Å². The van der Waals surface area contributed by atoms with Crippen LogP contribution in [0.3, 0.4) is 0 Å². The molecule has 3 nitrogen and oxygen atoms in total. The minimum absolute atomic E-state index is 0.0650. The van der Waals surface area contributed by atoms with Crippen LogP contribution in [0.5, 0.6) is 5.75 Å². The van der Waals surface area contributed by atoms with Crippen molar-refractivity contribution < 1.29 is 14.3 Å². The first-order valence-corrected chi connectivity index (χ1v) is 6.69. The van der Waals surface area contributed by atoms with Crippen LogP contribution in [0.4, 0.5) is 0 Å². The zero-order valence-corrected chi connectivity index (χ0v) is 11.5. The summed E-state index contributed by atoms with van der Waals surface area (Å²) >= 11 is 0. The number of carbonyl (C=O) groups is 1. The molecule has 2 rings (SSSR count). The zero-order valence-electron chi connectivity index (χ0n) is 11.5. The summed E-state index contributed by atoms with van der Waals surface area (Å²) in [5, 5.41) is 0. The highest BCUT2D eigenvalue weighted by Gasteiger charge is 2.19. The lowest BCUT2D eigenvalue weighted by Gasteiger charge is -2.18. The lowest BCUT2D eigenvalue weighted by molar-refractivity contribution is -0.152.